The van der Waals surface area contributed by atoms with Gasteiger partial charge >= 0.3 is 6.18 Å². The van der Waals surface area contributed by atoms with Crippen LogP contribution in [0.2, 0.25) is 0 Å². The van der Waals surface area contributed by atoms with Crippen LogP contribution < -0.4 is 16.4 Å². The van der Waals surface area contributed by atoms with Crippen molar-refractivity contribution in [3.05, 3.63) is 65.4 Å². The Morgan fingerprint density at radius 1 is 1.16 bits per heavy atom. The number of aryl methyl sites for hydroxylation is 1. The third kappa shape index (κ3) is 5.23. The predicted octanol–water partition coefficient (Wildman–Crippen LogP) is 4.70. The number of nitrogens with two attached hydrogens (primary N) is 1. The number of benzene rings is 2. The van der Waals surface area contributed by atoms with Crippen molar-refractivity contribution >= 4 is 28.1 Å². The highest BCUT2D eigenvalue weighted by Gasteiger charge is 2.29. The first kappa shape index (κ1) is 21.3. The molecular formula is C22H21F3N4OS. The summed E-state index contributed by atoms with van der Waals surface area (Å²) < 4.78 is 38.0. The molecule has 0 radical (unpaired) electrons. The van der Waals surface area contributed by atoms with Crippen LogP contribution >= 0.6 is 11.3 Å². The third-order valence-corrected chi connectivity index (χ3v) is 6.09. The second-order valence-electron chi connectivity index (χ2n) is 7.49. The first-order valence-corrected chi connectivity index (χ1v) is 10.6. The third-order valence-electron chi connectivity index (χ3n) is 5.09. The maximum absolute atomic E-state index is 12.7. The number of thiazole rings is 1. The predicted molar refractivity (Wildman–Crippen MR) is 116 cm³/mol. The molecule has 1 aromatic heterocycles. The molecule has 3 aromatic rings. The monoisotopic (exact) mass is 446 g/mol. The van der Waals surface area contributed by atoms with Crippen LogP contribution in [0.15, 0.2) is 48.7 Å². The number of anilines is 2. The summed E-state index contributed by atoms with van der Waals surface area (Å²) in [6.45, 7) is 0.449. The van der Waals surface area contributed by atoms with Crippen molar-refractivity contribution in [1.82, 2.24) is 4.98 Å². The molecule has 2 aromatic carbocycles. The van der Waals surface area contributed by atoms with Crippen molar-refractivity contribution < 1.29 is 18.0 Å². The lowest BCUT2D eigenvalue weighted by Gasteiger charge is -2.17. The Morgan fingerprint density at radius 2 is 1.94 bits per heavy atom. The number of aromatic nitrogens is 1. The normalized spacial score (nSPS) is 14.6. The van der Waals surface area contributed by atoms with Gasteiger partial charge in [-0.15, -0.1) is 0 Å². The minimum Gasteiger partial charge on any atom is -0.360 e. The van der Waals surface area contributed by atoms with Crippen molar-refractivity contribution in [1.29, 1.82) is 0 Å². The number of hydrogen-bond acceptors (Lipinski definition) is 5. The van der Waals surface area contributed by atoms with E-state index in [0.717, 1.165) is 50.9 Å². The minimum absolute atomic E-state index is 0.0390. The molecule has 0 unspecified atom stereocenters. The van der Waals surface area contributed by atoms with Gasteiger partial charge < -0.3 is 16.4 Å². The summed E-state index contributed by atoms with van der Waals surface area (Å²) in [6.07, 6.45) is -0.880. The fraction of sp³-hybridized carbons (Fsp3) is 0.273. The smallest absolute Gasteiger partial charge is 0.360 e. The Morgan fingerprint density at radius 3 is 2.68 bits per heavy atom. The van der Waals surface area contributed by atoms with Gasteiger partial charge in [-0.1, -0.05) is 29.5 Å². The molecule has 2 heterocycles. The summed E-state index contributed by atoms with van der Waals surface area (Å²) in [5.74, 6) is 0.0390. The number of carbonyl (C=O) groups excluding carboxylic acids is 1. The summed E-state index contributed by atoms with van der Waals surface area (Å²) in [4.78, 5) is 16.9. The number of amides is 1. The Bertz CT molecular complexity index is 1080. The van der Waals surface area contributed by atoms with E-state index in [2.05, 4.69) is 21.7 Å². The zero-order valence-electron chi connectivity index (χ0n) is 16.5. The molecule has 0 aliphatic carbocycles. The number of halogens is 3. The molecule has 1 amide bonds. The van der Waals surface area contributed by atoms with Crippen LogP contribution in [0.1, 0.15) is 23.1 Å². The standard InChI is InChI=1S/C22H21F3N4OS/c23-22(24,25)16-5-1-13(2-6-16)9-17(26)11-27-21-28-12-19(31-21)15-3-7-18-14(10-15)4-8-20(30)29-18/h1-3,5-7,10,12,17H,4,8-9,11,26H2,(H,27,28)(H,29,30)/t17-/m1/s1. The van der Waals surface area contributed by atoms with Crippen LogP contribution in [-0.2, 0) is 23.8 Å². The van der Waals surface area contributed by atoms with Gasteiger partial charge in [-0.3, -0.25) is 4.79 Å². The lowest BCUT2D eigenvalue weighted by Crippen LogP contribution is -2.31. The Hall–Kier alpha value is -2.91. The average Bonchev–Trinajstić information content (AvgIpc) is 3.21. The fourth-order valence-corrected chi connectivity index (χ4v) is 4.27. The van der Waals surface area contributed by atoms with E-state index in [1.165, 1.54) is 23.5 Å². The molecule has 0 saturated heterocycles. The van der Waals surface area contributed by atoms with Crippen molar-refractivity contribution in [3.63, 3.8) is 0 Å². The van der Waals surface area contributed by atoms with E-state index in [0.29, 0.717) is 19.4 Å². The molecule has 1 atom stereocenters. The van der Waals surface area contributed by atoms with Gasteiger partial charge in [-0.2, -0.15) is 13.2 Å². The first-order chi connectivity index (χ1) is 14.8. The zero-order chi connectivity index (χ0) is 22.0. The van der Waals surface area contributed by atoms with Crippen LogP contribution in [0.4, 0.5) is 24.0 Å². The van der Waals surface area contributed by atoms with Crippen LogP contribution in [0, 0.1) is 0 Å². The molecule has 1 aliphatic rings. The SMILES string of the molecule is N[C@@H](CNc1ncc(-c2ccc3c(c2)CCC(=O)N3)s1)Cc1ccc(C(F)(F)F)cc1. The van der Waals surface area contributed by atoms with Gasteiger partial charge in [-0.05, 0) is 53.8 Å². The lowest BCUT2D eigenvalue weighted by atomic mass is 10.00. The van der Waals surface area contributed by atoms with Gasteiger partial charge in [0.05, 0.1) is 10.4 Å². The lowest BCUT2D eigenvalue weighted by molar-refractivity contribution is -0.137. The topological polar surface area (TPSA) is 80.0 Å². The highest BCUT2D eigenvalue weighted by Crippen LogP contribution is 2.33. The molecule has 5 nitrogen and oxygen atoms in total. The fourth-order valence-electron chi connectivity index (χ4n) is 3.45. The van der Waals surface area contributed by atoms with Crippen LogP contribution in [-0.4, -0.2) is 23.5 Å². The number of hydrogen-bond donors (Lipinski definition) is 3. The van der Waals surface area contributed by atoms with Gasteiger partial charge in [0.2, 0.25) is 5.91 Å². The first-order valence-electron chi connectivity index (χ1n) is 9.82. The van der Waals surface area contributed by atoms with Crippen LogP contribution in [0.25, 0.3) is 10.4 Å². The molecule has 31 heavy (non-hydrogen) atoms. The second-order valence-corrected chi connectivity index (χ2v) is 8.52. The number of nitrogens with one attached hydrogen (secondary N) is 2. The quantitative estimate of drug-likeness (QED) is 0.513. The number of alkyl halides is 3. The maximum Gasteiger partial charge on any atom is 0.416 e. The van der Waals surface area contributed by atoms with E-state index in [1.54, 1.807) is 6.20 Å². The van der Waals surface area contributed by atoms with E-state index < -0.39 is 11.7 Å². The molecule has 1 aliphatic heterocycles. The van der Waals surface area contributed by atoms with E-state index in [1.807, 2.05) is 12.1 Å². The average molecular weight is 446 g/mol. The molecule has 9 heteroatoms. The highest BCUT2D eigenvalue weighted by atomic mass is 32.1. The van der Waals surface area contributed by atoms with Gasteiger partial charge in [0.1, 0.15) is 0 Å². The number of rotatable bonds is 6. The van der Waals surface area contributed by atoms with Crippen molar-refractivity contribution in [2.24, 2.45) is 5.73 Å². The van der Waals surface area contributed by atoms with Crippen LogP contribution in [0.5, 0.6) is 0 Å². The summed E-state index contributed by atoms with van der Waals surface area (Å²) in [6, 6.07) is 10.7. The molecule has 0 fully saturated rings. The Labute approximate surface area is 181 Å². The van der Waals surface area contributed by atoms with Crippen LogP contribution in [0.3, 0.4) is 0 Å². The largest absolute Gasteiger partial charge is 0.416 e. The molecule has 0 saturated carbocycles. The molecule has 162 valence electrons. The van der Waals surface area contributed by atoms with Crippen molar-refractivity contribution in [2.45, 2.75) is 31.5 Å². The molecule has 0 spiro atoms. The number of fused-ring (bicyclic) bond motifs is 1. The Kier molecular flexibility index (Phi) is 5.97. The molecule has 0 bridgehead atoms. The van der Waals surface area contributed by atoms with E-state index >= 15 is 0 Å². The highest BCUT2D eigenvalue weighted by molar-refractivity contribution is 7.18. The second kappa shape index (κ2) is 8.68. The van der Waals surface area contributed by atoms with E-state index in [4.69, 9.17) is 5.73 Å². The Balaban J connectivity index is 1.33. The molecule has 4 N–H and O–H groups in total. The molecule has 4 rings (SSSR count). The van der Waals surface area contributed by atoms with Gasteiger partial charge in [0, 0.05) is 30.9 Å². The molecular weight excluding hydrogens is 425 g/mol. The minimum atomic E-state index is -4.34. The summed E-state index contributed by atoms with van der Waals surface area (Å²) in [5, 5.41) is 6.80. The summed E-state index contributed by atoms with van der Waals surface area (Å²) >= 11 is 1.50. The number of carbonyl (C=O) groups is 1. The van der Waals surface area contributed by atoms with Crippen molar-refractivity contribution in [2.75, 3.05) is 17.2 Å². The van der Waals surface area contributed by atoms with Crippen molar-refractivity contribution in [3.8, 4) is 10.4 Å². The zero-order valence-corrected chi connectivity index (χ0v) is 17.3. The van der Waals surface area contributed by atoms with E-state index in [9.17, 15) is 18.0 Å². The van der Waals surface area contributed by atoms with Gasteiger partial charge in [0.15, 0.2) is 5.13 Å². The summed E-state index contributed by atoms with van der Waals surface area (Å²) in [5.41, 5.74) is 9.23. The van der Waals surface area contributed by atoms with E-state index in [-0.39, 0.29) is 11.9 Å². The number of nitrogens with zero attached hydrogens (tertiary/aromatic N) is 1. The van der Waals surface area contributed by atoms with Gasteiger partial charge in [-0.25, -0.2) is 4.98 Å². The summed E-state index contributed by atoms with van der Waals surface area (Å²) in [7, 11) is 0. The van der Waals surface area contributed by atoms with Gasteiger partial charge in [0.25, 0.3) is 0 Å². The maximum atomic E-state index is 12.7.